The lowest BCUT2D eigenvalue weighted by Crippen LogP contribution is -2.21. The second-order valence-corrected chi connectivity index (χ2v) is 9.53. The Morgan fingerprint density at radius 3 is 1.88 bits per heavy atom. The molecule has 0 radical (unpaired) electrons. The molecule has 0 aliphatic rings. The van der Waals surface area contributed by atoms with Gasteiger partial charge in [0.05, 0.1) is 4.90 Å². The smallest absolute Gasteiger partial charge is 0.220 e. The van der Waals surface area contributed by atoms with Crippen molar-refractivity contribution < 1.29 is 8.42 Å². The first kappa shape index (κ1) is 15.4. The summed E-state index contributed by atoms with van der Waals surface area (Å²) < 4.78 is 22.2. The van der Waals surface area contributed by atoms with Gasteiger partial charge in [-0.1, -0.05) is 23.2 Å². The molecule has 7 heteroatoms. The second kappa shape index (κ2) is 5.17. The third-order valence-corrected chi connectivity index (χ3v) is 8.31. The largest absolute Gasteiger partial charge is 0.282 e. The van der Waals surface area contributed by atoms with Gasteiger partial charge in [0, 0.05) is 11.0 Å². The first-order valence-electron chi connectivity index (χ1n) is 4.63. The quantitative estimate of drug-likeness (QED) is 0.771. The standard InChI is InChI=1S/C10H11Cl3O2S2/c1-6-4-9(5-7(2)8(6)3)17(14,15)10(11,12)16-13/h4-5H,1-3H3. The Morgan fingerprint density at radius 1 is 1.12 bits per heavy atom. The summed E-state index contributed by atoms with van der Waals surface area (Å²) >= 11 is 11.4. The Kier molecular flexibility index (Phi) is 4.70. The maximum atomic E-state index is 12.1. The maximum absolute atomic E-state index is 12.1. The molecule has 1 aromatic rings. The number of rotatable bonds is 3. The molecule has 0 aromatic heterocycles. The molecule has 0 heterocycles. The molecule has 2 nitrogen and oxygen atoms in total. The Hall–Kier alpha value is 0.390. The Labute approximate surface area is 120 Å². The average Bonchev–Trinajstić information content (AvgIpc) is 2.24. The fourth-order valence-electron chi connectivity index (χ4n) is 1.33. The first-order chi connectivity index (χ1) is 7.63. The molecule has 0 atom stereocenters. The van der Waals surface area contributed by atoms with E-state index in [1.807, 2.05) is 20.8 Å². The van der Waals surface area contributed by atoms with Crippen LogP contribution in [0.15, 0.2) is 17.0 Å². The maximum Gasteiger partial charge on any atom is 0.282 e. The van der Waals surface area contributed by atoms with Crippen molar-refractivity contribution >= 4 is 54.7 Å². The summed E-state index contributed by atoms with van der Waals surface area (Å²) in [4.78, 5) is 0.0799. The average molecular weight is 334 g/mol. The molecule has 1 aromatic carbocycles. The van der Waals surface area contributed by atoms with Gasteiger partial charge in [-0.2, -0.15) is 0 Å². The van der Waals surface area contributed by atoms with E-state index in [1.54, 1.807) is 12.1 Å². The van der Waals surface area contributed by atoms with Crippen LogP contribution in [0.1, 0.15) is 16.7 Å². The van der Waals surface area contributed by atoms with Crippen LogP contribution in [0.5, 0.6) is 0 Å². The molecule has 0 fully saturated rings. The highest BCUT2D eigenvalue weighted by Gasteiger charge is 2.42. The van der Waals surface area contributed by atoms with E-state index < -0.39 is 12.8 Å². The lowest BCUT2D eigenvalue weighted by atomic mass is 10.1. The molecule has 1 rings (SSSR count). The lowest BCUT2D eigenvalue weighted by molar-refractivity contribution is 0.597. The van der Waals surface area contributed by atoms with Crippen LogP contribution in [0.3, 0.4) is 0 Å². The van der Waals surface area contributed by atoms with Crippen molar-refractivity contribution in [2.45, 2.75) is 28.7 Å². The molecule has 0 saturated carbocycles. The second-order valence-electron chi connectivity index (χ2n) is 3.73. The molecular weight excluding hydrogens is 323 g/mol. The SMILES string of the molecule is Cc1cc(S(=O)(=O)C(Cl)(Cl)SCl)cc(C)c1C. The molecule has 0 spiro atoms. The normalized spacial score (nSPS) is 12.8. The predicted molar refractivity (Wildman–Crippen MR) is 75.7 cm³/mol. The van der Waals surface area contributed by atoms with E-state index in [0.29, 0.717) is 11.0 Å². The van der Waals surface area contributed by atoms with E-state index in [1.165, 1.54) is 0 Å². The number of hydrogen-bond donors (Lipinski definition) is 0. The van der Waals surface area contributed by atoms with Crippen LogP contribution in [-0.4, -0.2) is 11.4 Å². The number of alkyl halides is 2. The summed E-state index contributed by atoms with van der Waals surface area (Å²) in [5.74, 6) is 0. The molecule has 0 unspecified atom stereocenters. The van der Waals surface area contributed by atoms with Gasteiger partial charge in [-0.05, 0) is 60.3 Å². The number of benzene rings is 1. The third-order valence-electron chi connectivity index (χ3n) is 2.61. The summed E-state index contributed by atoms with van der Waals surface area (Å²) in [6, 6.07) is 3.09. The van der Waals surface area contributed by atoms with Gasteiger partial charge in [0.25, 0.3) is 3.00 Å². The minimum Gasteiger partial charge on any atom is -0.220 e. The number of aryl methyl sites for hydroxylation is 2. The van der Waals surface area contributed by atoms with Gasteiger partial charge < -0.3 is 0 Å². The van der Waals surface area contributed by atoms with Gasteiger partial charge in [0.2, 0.25) is 9.84 Å². The monoisotopic (exact) mass is 332 g/mol. The fraction of sp³-hybridized carbons (Fsp3) is 0.400. The van der Waals surface area contributed by atoms with Crippen molar-refractivity contribution in [3.63, 3.8) is 0 Å². The van der Waals surface area contributed by atoms with Gasteiger partial charge in [0.15, 0.2) is 0 Å². The van der Waals surface area contributed by atoms with Crippen LogP contribution in [0.2, 0.25) is 0 Å². The topological polar surface area (TPSA) is 34.1 Å². The van der Waals surface area contributed by atoms with E-state index >= 15 is 0 Å². The fourth-order valence-corrected chi connectivity index (χ4v) is 4.17. The van der Waals surface area contributed by atoms with Gasteiger partial charge in [-0.3, -0.25) is 0 Å². The molecule has 96 valence electrons. The molecule has 17 heavy (non-hydrogen) atoms. The van der Waals surface area contributed by atoms with Crippen LogP contribution < -0.4 is 0 Å². The van der Waals surface area contributed by atoms with Gasteiger partial charge >= 0.3 is 0 Å². The van der Waals surface area contributed by atoms with Crippen LogP contribution >= 0.6 is 44.9 Å². The van der Waals surface area contributed by atoms with Crippen LogP contribution in [0.4, 0.5) is 0 Å². The highest BCUT2D eigenvalue weighted by molar-refractivity contribution is 8.31. The predicted octanol–water partition coefficient (Wildman–Crippen LogP) is 4.36. The van der Waals surface area contributed by atoms with E-state index in [-0.39, 0.29) is 4.90 Å². The highest BCUT2D eigenvalue weighted by Crippen LogP contribution is 2.46. The van der Waals surface area contributed by atoms with Gasteiger partial charge in [-0.15, -0.1) is 0 Å². The Balaban J connectivity index is 3.46. The molecule has 0 aliphatic carbocycles. The van der Waals surface area contributed by atoms with Gasteiger partial charge in [0.1, 0.15) is 0 Å². The first-order valence-corrected chi connectivity index (χ1v) is 8.51. The molecule has 0 amide bonds. The van der Waals surface area contributed by atoms with Gasteiger partial charge in [-0.25, -0.2) is 8.42 Å². The summed E-state index contributed by atoms with van der Waals surface area (Å²) in [7, 11) is 1.88. The lowest BCUT2D eigenvalue weighted by Gasteiger charge is -2.17. The summed E-state index contributed by atoms with van der Waals surface area (Å²) in [6.45, 7) is 5.59. The van der Waals surface area contributed by atoms with E-state index in [0.717, 1.165) is 16.7 Å². The Morgan fingerprint density at radius 2 is 1.53 bits per heavy atom. The number of halogens is 3. The number of sulfone groups is 1. The molecule has 0 N–H and O–H groups in total. The van der Waals surface area contributed by atoms with Crippen molar-refractivity contribution in [3.05, 3.63) is 28.8 Å². The van der Waals surface area contributed by atoms with Crippen molar-refractivity contribution in [3.8, 4) is 0 Å². The van der Waals surface area contributed by atoms with Crippen LogP contribution in [0, 0.1) is 20.8 Å². The molecular formula is C10H11Cl3O2S2. The summed E-state index contributed by atoms with van der Waals surface area (Å²) in [6.07, 6.45) is 0. The van der Waals surface area contributed by atoms with Crippen LogP contribution in [-0.2, 0) is 9.84 Å². The summed E-state index contributed by atoms with van der Waals surface area (Å²) in [5, 5.41) is 0. The van der Waals surface area contributed by atoms with E-state index in [9.17, 15) is 8.42 Å². The van der Waals surface area contributed by atoms with E-state index in [2.05, 4.69) is 0 Å². The molecule has 0 saturated heterocycles. The van der Waals surface area contributed by atoms with Crippen molar-refractivity contribution in [2.75, 3.05) is 0 Å². The zero-order valence-corrected chi connectivity index (χ0v) is 13.3. The molecule has 0 bridgehead atoms. The minimum absolute atomic E-state index is 0.0799. The van der Waals surface area contributed by atoms with Crippen LogP contribution in [0.25, 0.3) is 0 Å². The zero-order chi connectivity index (χ0) is 13.4. The minimum atomic E-state index is -3.89. The van der Waals surface area contributed by atoms with E-state index in [4.69, 9.17) is 33.9 Å². The number of hydrogen-bond acceptors (Lipinski definition) is 3. The summed E-state index contributed by atoms with van der Waals surface area (Å²) in [5.41, 5.74) is 2.77. The zero-order valence-electron chi connectivity index (χ0n) is 9.42. The third kappa shape index (κ3) is 2.87. The Bertz CT molecular complexity index is 515. The molecule has 0 aliphatic heterocycles. The highest BCUT2D eigenvalue weighted by atomic mass is 35.7. The van der Waals surface area contributed by atoms with Crippen molar-refractivity contribution in [1.29, 1.82) is 0 Å². The van der Waals surface area contributed by atoms with Crippen molar-refractivity contribution in [1.82, 2.24) is 0 Å². The van der Waals surface area contributed by atoms with Crippen molar-refractivity contribution in [2.24, 2.45) is 0 Å².